The average molecular weight is 359 g/mol. The number of likely N-dealkylation sites (tertiary alicyclic amines) is 1. The zero-order valence-electron chi connectivity index (χ0n) is 15.7. The predicted molar refractivity (Wildman–Crippen MR) is 108 cm³/mol. The van der Waals surface area contributed by atoms with Crippen molar-refractivity contribution in [2.75, 3.05) is 45.7 Å². The lowest BCUT2D eigenvalue weighted by molar-refractivity contribution is 0.113. The number of hydrogen-bond donors (Lipinski definition) is 0. The highest BCUT2D eigenvalue weighted by Gasteiger charge is 2.23. The van der Waals surface area contributed by atoms with Gasteiger partial charge in [-0.1, -0.05) is 30.3 Å². The van der Waals surface area contributed by atoms with Crippen LogP contribution in [0.4, 0.5) is 5.13 Å². The van der Waals surface area contributed by atoms with Crippen molar-refractivity contribution in [1.29, 1.82) is 0 Å². The lowest BCUT2D eigenvalue weighted by Gasteiger charge is -2.37. The number of nitrogens with zero attached hydrogens (tertiary/aromatic N) is 4. The van der Waals surface area contributed by atoms with Gasteiger partial charge in [0.15, 0.2) is 5.13 Å². The van der Waals surface area contributed by atoms with Crippen LogP contribution in [-0.4, -0.2) is 61.6 Å². The molecular weight excluding hydrogens is 328 g/mol. The van der Waals surface area contributed by atoms with Gasteiger partial charge in [-0.3, -0.25) is 4.90 Å². The Labute approximate surface area is 156 Å². The molecule has 0 bridgehead atoms. The SMILES string of the molecule is CN(C)c1ncc(CN(C)[C@@H]2CCCN(CCc3ccccc3)C2)s1. The van der Waals surface area contributed by atoms with E-state index in [0.29, 0.717) is 6.04 Å². The minimum Gasteiger partial charge on any atom is -0.354 e. The van der Waals surface area contributed by atoms with Crippen LogP contribution < -0.4 is 4.90 Å². The van der Waals surface area contributed by atoms with E-state index in [0.717, 1.165) is 18.1 Å². The average Bonchev–Trinajstić information content (AvgIpc) is 3.10. The Morgan fingerprint density at radius 2 is 2.00 bits per heavy atom. The zero-order chi connectivity index (χ0) is 17.6. The molecule has 0 saturated carbocycles. The molecule has 136 valence electrons. The van der Waals surface area contributed by atoms with Crippen molar-refractivity contribution >= 4 is 16.5 Å². The van der Waals surface area contributed by atoms with E-state index in [-0.39, 0.29) is 0 Å². The Hall–Kier alpha value is -1.43. The maximum absolute atomic E-state index is 4.50. The number of rotatable bonds is 7. The Balaban J connectivity index is 1.49. The van der Waals surface area contributed by atoms with Gasteiger partial charge < -0.3 is 9.80 Å². The van der Waals surface area contributed by atoms with E-state index < -0.39 is 0 Å². The van der Waals surface area contributed by atoms with Gasteiger partial charge in [-0.05, 0) is 38.4 Å². The quantitative estimate of drug-likeness (QED) is 0.757. The van der Waals surface area contributed by atoms with Gasteiger partial charge in [-0.25, -0.2) is 4.98 Å². The summed E-state index contributed by atoms with van der Waals surface area (Å²) in [6.45, 7) is 4.59. The molecule has 1 saturated heterocycles. The van der Waals surface area contributed by atoms with Crippen LogP contribution in [0.2, 0.25) is 0 Å². The maximum Gasteiger partial charge on any atom is 0.185 e. The van der Waals surface area contributed by atoms with Gasteiger partial charge in [0.2, 0.25) is 0 Å². The third kappa shape index (κ3) is 5.27. The smallest absolute Gasteiger partial charge is 0.185 e. The monoisotopic (exact) mass is 358 g/mol. The van der Waals surface area contributed by atoms with E-state index in [4.69, 9.17) is 0 Å². The van der Waals surface area contributed by atoms with Crippen LogP contribution >= 0.6 is 11.3 Å². The van der Waals surface area contributed by atoms with Crippen molar-refractivity contribution in [2.45, 2.75) is 31.8 Å². The van der Waals surface area contributed by atoms with Crippen LogP contribution in [0.1, 0.15) is 23.3 Å². The largest absolute Gasteiger partial charge is 0.354 e. The lowest BCUT2D eigenvalue weighted by atomic mass is 10.0. The third-order valence-corrected chi connectivity index (χ3v) is 6.14. The lowest BCUT2D eigenvalue weighted by Crippen LogP contribution is -2.46. The minimum absolute atomic E-state index is 0.648. The summed E-state index contributed by atoms with van der Waals surface area (Å²) >= 11 is 1.80. The molecule has 0 aliphatic carbocycles. The first-order valence-electron chi connectivity index (χ1n) is 9.20. The summed E-state index contributed by atoms with van der Waals surface area (Å²) in [5.74, 6) is 0. The molecule has 5 heteroatoms. The first-order chi connectivity index (χ1) is 12.1. The van der Waals surface area contributed by atoms with Crippen LogP contribution in [0.3, 0.4) is 0 Å². The summed E-state index contributed by atoms with van der Waals surface area (Å²) < 4.78 is 0. The highest BCUT2D eigenvalue weighted by molar-refractivity contribution is 7.15. The van der Waals surface area contributed by atoms with Crippen LogP contribution in [0, 0.1) is 0 Å². The predicted octanol–water partition coefficient (Wildman–Crippen LogP) is 3.35. The first-order valence-corrected chi connectivity index (χ1v) is 10.0. The second-order valence-corrected chi connectivity index (χ2v) is 8.34. The summed E-state index contributed by atoms with van der Waals surface area (Å²) in [4.78, 5) is 13.1. The molecule has 0 radical (unpaired) electrons. The summed E-state index contributed by atoms with van der Waals surface area (Å²) in [5.41, 5.74) is 1.44. The molecule has 0 unspecified atom stereocenters. The normalized spacial score (nSPS) is 18.6. The molecule has 1 aromatic carbocycles. The van der Waals surface area contributed by atoms with E-state index in [2.05, 4.69) is 71.2 Å². The molecule has 0 N–H and O–H groups in total. The van der Waals surface area contributed by atoms with E-state index in [9.17, 15) is 0 Å². The van der Waals surface area contributed by atoms with Crippen molar-refractivity contribution < 1.29 is 0 Å². The van der Waals surface area contributed by atoms with Gasteiger partial charge in [0, 0.05) is 50.8 Å². The molecule has 25 heavy (non-hydrogen) atoms. The van der Waals surface area contributed by atoms with E-state index in [1.807, 2.05) is 6.20 Å². The molecule has 3 rings (SSSR count). The van der Waals surface area contributed by atoms with Crippen LogP contribution in [0.15, 0.2) is 36.5 Å². The van der Waals surface area contributed by atoms with Gasteiger partial charge in [0.25, 0.3) is 0 Å². The fourth-order valence-electron chi connectivity index (χ4n) is 3.48. The molecule has 1 aliphatic rings. The number of aromatic nitrogens is 1. The number of likely N-dealkylation sites (N-methyl/N-ethyl adjacent to an activating group) is 1. The number of benzene rings is 1. The first kappa shape index (κ1) is 18.4. The van der Waals surface area contributed by atoms with Crippen molar-refractivity contribution in [3.05, 3.63) is 47.0 Å². The molecule has 4 nitrogen and oxygen atoms in total. The topological polar surface area (TPSA) is 22.6 Å². The summed E-state index contributed by atoms with van der Waals surface area (Å²) in [6, 6.07) is 11.5. The van der Waals surface area contributed by atoms with Crippen molar-refractivity contribution in [2.24, 2.45) is 0 Å². The highest BCUT2D eigenvalue weighted by atomic mass is 32.1. The van der Waals surface area contributed by atoms with Crippen molar-refractivity contribution in [3.8, 4) is 0 Å². The number of hydrogen-bond acceptors (Lipinski definition) is 5. The Morgan fingerprint density at radius 3 is 2.72 bits per heavy atom. The summed E-state index contributed by atoms with van der Waals surface area (Å²) in [5, 5.41) is 1.09. The Bertz CT molecular complexity index is 640. The molecule has 0 amide bonds. The van der Waals surface area contributed by atoms with Crippen LogP contribution in [0.5, 0.6) is 0 Å². The summed E-state index contributed by atoms with van der Waals surface area (Å²) in [7, 11) is 6.37. The molecule has 1 fully saturated rings. The molecular formula is C20H30N4S. The highest BCUT2D eigenvalue weighted by Crippen LogP contribution is 2.23. The van der Waals surface area contributed by atoms with Crippen molar-refractivity contribution in [1.82, 2.24) is 14.8 Å². The van der Waals surface area contributed by atoms with Crippen molar-refractivity contribution in [3.63, 3.8) is 0 Å². The van der Waals surface area contributed by atoms with Crippen LogP contribution in [-0.2, 0) is 13.0 Å². The maximum atomic E-state index is 4.50. The molecule has 1 atom stereocenters. The summed E-state index contributed by atoms with van der Waals surface area (Å²) in [6.07, 6.45) is 5.79. The van der Waals surface area contributed by atoms with E-state index >= 15 is 0 Å². The Morgan fingerprint density at radius 1 is 1.20 bits per heavy atom. The van der Waals surface area contributed by atoms with Gasteiger partial charge in [-0.2, -0.15) is 0 Å². The van der Waals surface area contributed by atoms with Gasteiger partial charge >= 0.3 is 0 Å². The van der Waals surface area contributed by atoms with E-state index in [1.54, 1.807) is 11.3 Å². The molecule has 2 aromatic rings. The Kier molecular flexibility index (Phi) is 6.45. The van der Waals surface area contributed by atoms with E-state index in [1.165, 1.54) is 42.9 Å². The number of thiazole rings is 1. The number of piperidine rings is 1. The zero-order valence-corrected chi connectivity index (χ0v) is 16.5. The van der Waals surface area contributed by atoms with Gasteiger partial charge in [0.05, 0.1) is 0 Å². The molecule has 0 spiro atoms. The second kappa shape index (κ2) is 8.79. The second-order valence-electron chi connectivity index (χ2n) is 7.25. The third-order valence-electron chi connectivity index (χ3n) is 4.99. The molecule has 1 aromatic heterocycles. The molecule has 1 aliphatic heterocycles. The standard InChI is InChI=1S/C20H30N4S/c1-22(2)20-21-14-19(25-20)16-23(3)18-10-7-12-24(15-18)13-11-17-8-5-4-6-9-17/h4-6,8-9,14,18H,7,10-13,15-16H2,1-3H3/t18-/m1/s1. The van der Waals surface area contributed by atoms with Gasteiger partial charge in [-0.15, -0.1) is 11.3 Å². The number of anilines is 1. The van der Waals surface area contributed by atoms with Crippen LogP contribution in [0.25, 0.3) is 0 Å². The molecule has 2 heterocycles. The fraction of sp³-hybridized carbons (Fsp3) is 0.550. The minimum atomic E-state index is 0.648. The van der Waals surface area contributed by atoms with Gasteiger partial charge in [0.1, 0.15) is 0 Å². The fourth-order valence-corrected chi connectivity index (χ4v) is 4.37.